The van der Waals surface area contributed by atoms with Gasteiger partial charge in [0.15, 0.2) is 5.78 Å². The Kier molecular flexibility index (Phi) is 4.46. The molecule has 1 aliphatic carbocycles. The fraction of sp³-hybridized carbons (Fsp3) is 0.348. The van der Waals surface area contributed by atoms with Crippen LogP contribution in [0.3, 0.4) is 0 Å². The first-order valence-electron chi connectivity index (χ1n) is 9.67. The molecule has 0 aliphatic heterocycles. The highest BCUT2D eigenvalue weighted by Gasteiger charge is 2.27. The molecule has 5 heteroatoms. The number of benzene rings is 2. The van der Waals surface area contributed by atoms with Crippen LogP contribution in [-0.2, 0) is 16.4 Å². The lowest BCUT2D eigenvalue weighted by atomic mass is 10.0. The Morgan fingerprint density at radius 2 is 1.71 bits per heavy atom. The predicted octanol–water partition coefficient (Wildman–Crippen LogP) is 4.96. The average molecular weight is 396 g/mol. The third-order valence-corrected chi connectivity index (χ3v) is 7.54. The normalized spacial score (nSPS) is 14.6. The van der Waals surface area contributed by atoms with Crippen molar-refractivity contribution in [3.05, 3.63) is 64.3 Å². The molecule has 0 atom stereocenters. The highest BCUT2D eigenvalue weighted by molar-refractivity contribution is 7.90. The number of aryl methyl sites for hydroxylation is 3. The molecule has 0 bridgehead atoms. The summed E-state index contributed by atoms with van der Waals surface area (Å²) in [6.07, 6.45) is 4.91. The van der Waals surface area contributed by atoms with E-state index in [1.54, 1.807) is 0 Å². The van der Waals surface area contributed by atoms with Gasteiger partial charge in [0, 0.05) is 17.1 Å². The summed E-state index contributed by atoms with van der Waals surface area (Å²) in [5, 5.41) is 0.693. The van der Waals surface area contributed by atoms with Gasteiger partial charge in [0.05, 0.1) is 10.4 Å². The Labute approximate surface area is 166 Å². The summed E-state index contributed by atoms with van der Waals surface area (Å²) in [4.78, 5) is 12.5. The van der Waals surface area contributed by atoms with E-state index in [9.17, 15) is 13.2 Å². The third-order valence-electron chi connectivity index (χ3n) is 5.56. The molecule has 2 aromatic carbocycles. The second-order valence-electron chi connectivity index (χ2n) is 8.13. The molecule has 3 aromatic rings. The van der Waals surface area contributed by atoms with Crippen LogP contribution in [-0.4, -0.2) is 18.2 Å². The minimum Gasteiger partial charge on any atom is -0.294 e. The molecule has 1 aromatic heterocycles. The molecule has 0 spiro atoms. The molecule has 0 amide bonds. The summed E-state index contributed by atoms with van der Waals surface area (Å²) in [6, 6.07) is 9.62. The number of ketones is 1. The maximum atomic E-state index is 13.6. The van der Waals surface area contributed by atoms with Crippen molar-refractivity contribution in [3.63, 3.8) is 0 Å². The van der Waals surface area contributed by atoms with Crippen LogP contribution >= 0.6 is 0 Å². The molecule has 4 rings (SSSR count). The molecule has 1 saturated carbocycles. The number of Topliss-reactive ketones (excluding diaryl/α,β-unsaturated/α-hetero) is 1. The molecule has 0 N–H and O–H groups in total. The predicted molar refractivity (Wildman–Crippen MR) is 112 cm³/mol. The van der Waals surface area contributed by atoms with Crippen LogP contribution < -0.4 is 0 Å². The lowest BCUT2D eigenvalue weighted by molar-refractivity contribution is 0.101. The van der Waals surface area contributed by atoms with Gasteiger partial charge in [0.1, 0.15) is 0 Å². The minimum atomic E-state index is -3.82. The van der Waals surface area contributed by atoms with Crippen LogP contribution in [0.25, 0.3) is 10.9 Å². The zero-order valence-electron chi connectivity index (χ0n) is 16.7. The van der Waals surface area contributed by atoms with Crippen LogP contribution in [0.5, 0.6) is 0 Å². The maximum Gasteiger partial charge on any atom is 0.268 e. The highest BCUT2D eigenvalue weighted by Crippen LogP contribution is 2.35. The summed E-state index contributed by atoms with van der Waals surface area (Å²) in [7, 11) is -3.82. The second kappa shape index (κ2) is 6.59. The van der Waals surface area contributed by atoms with E-state index in [0.29, 0.717) is 27.3 Å². The molecule has 1 aliphatic rings. The smallest absolute Gasteiger partial charge is 0.268 e. The van der Waals surface area contributed by atoms with E-state index in [1.165, 1.54) is 29.9 Å². The molecular formula is C23H25NO3S. The zero-order chi connectivity index (χ0) is 20.2. The van der Waals surface area contributed by atoms with Crippen LogP contribution in [0.2, 0.25) is 0 Å². The highest BCUT2D eigenvalue weighted by atomic mass is 32.2. The van der Waals surface area contributed by atoms with Crippen molar-refractivity contribution in [2.24, 2.45) is 5.92 Å². The van der Waals surface area contributed by atoms with Crippen LogP contribution in [0.1, 0.15) is 52.4 Å². The molecule has 28 heavy (non-hydrogen) atoms. The number of hydrogen-bond acceptors (Lipinski definition) is 3. The molecule has 146 valence electrons. The first-order valence-corrected chi connectivity index (χ1v) is 11.1. The van der Waals surface area contributed by atoms with E-state index >= 15 is 0 Å². The van der Waals surface area contributed by atoms with Gasteiger partial charge < -0.3 is 0 Å². The van der Waals surface area contributed by atoms with Gasteiger partial charge in [0.2, 0.25) is 0 Å². The van der Waals surface area contributed by atoms with E-state index in [1.807, 2.05) is 51.1 Å². The summed E-state index contributed by atoms with van der Waals surface area (Å²) >= 11 is 0. The lowest BCUT2D eigenvalue weighted by Crippen LogP contribution is -2.15. The largest absolute Gasteiger partial charge is 0.294 e. The molecule has 1 heterocycles. The Morgan fingerprint density at radius 3 is 2.29 bits per heavy atom. The first-order chi connectivity index (χ1) is 13.2. The first kappa shape index (κ1) is 18.9. The topological polar surface area (TPSA) is 56.1 Å². The van der Waals surface area contributed by atoms with E-state index in [2.05, 4.69) is 0 Å². The number of carbonyl (C=O) groups is 1. The molecule has 4 nitrogen and oxygen atoms in total. The Hall–Kier alpha value is -2.40. The van der Waals surface area contributed by atoms with Gasteiger partial charge in [-0.3, -0.25) is 4.79 Å². The van der Waals surface area contributed by atoms with Gasteiger partial charge in [-0.25, -0.2) is 12.4 Å². The van der Waals surface area contributed by atoms with Crippen LogP contribution in [0, 0.1) is 26.7 Å². The molecule has 0 radical (unpaired) electrons. The quantitative estimate of drug-likeness (QED) is 0.574. The Bertz CT molecular complexity index is 1190. The summed E-state index contributed by atoms with van der Waals surface area (Å²) in [5.41, 5.74) is 4.62. The fourth-order valence-electron chi connectivity index (χ4n) is 4.18. The number of aromatic nitrogens is 1. The van der Waals surface area contributed by atoms with Gasteiger partial charge in [-0.05, 0) is 75.6 Å². The van der Waals surface area contributed by atoms with Crippen molar-refractivity contribution in [1.29, 1.82) is 0 Å². The Balaban J connectivity index is 1.97. The Morgan fingerprint density at radius 1 is 1.07 bits per heavy atom. The average Bonchev–Trinajstić information content (AvgIpc) is 3.30. The zero-order valence-corrected chi connectivity index (χ0v) is 17.6. The van der Waals surface area contributed by atoms with Crippen LogP contribution in [0.15, 0.2) is 41.4 Å². The number of carbonyl (C=O) groups excluding carboxylic acids is 1. The van der Waals surface area contributed by atoms with Crippen molar-refractivity contribution in [3.8, 4) is 0 Å². The van der Waals surface area contributed by atoms with Crippen molar-refractivity contribution in [2.75, 3.05) is 0 Å². The van der Waals surface area contributed by atoms with Gasteiger partial charge in [-0.1, -0.05) is 29.8 Å². The summed E-state index contributed by atoms with van der Waals surface area (Å²) in [6.45, 7) is 7.08. The van der Waals surface area contributed by atoms with Gasteiger partial charge in [-0.2, -0.15) is 0 Å². The van der Waals surface area contributed by atoms with E-state index in [0.717, 1.165) is 28.7 Å². The molecule has 0 saturated heterocycles. The number of fused-ring (bicyclic) bond motifs is 1. The second-order valence-corrected chi connectivity index (χ2v) is 9.88. The van der Waals surface area contributed by atoms with Gasteiger partial charge >= 0.3 is 0 Å². The summed E-state index contributed by atoms with van der Waals surface area (Å²) < 4.78 is 28.6. The standard InChI is InChI=1S/C23H25NO3S/c1-14-9-15(2)23(16(3)10-14)28(26,27)24-13-21(17(4)25)20-8-7-19(12-22(20)24)11-18-5-6-18/h7-10,12-13,18H,5-6,11H2,1-4H3. The minimum absolute atomic E-state index is 0.133. The number of nitrogens with zero attached hydrogens (tertiary/aromatic N) is 1. The van der Waals surface area contributed by atoms with Gasteiger partial charge in [-0.15, -0.1) is 0 Å². The number of rotatable bonds is 5. The van der Waals surface area contributed by atoms with Crippen molar-refractivity contribution in [2.45, 2.75) is 51.9 Å². The van der Waals surface area contributed by atoms with E-state index < -0.39 is 10.0 Å². The lowest BCUT2D eigenvalue weighted by Gasteiger charge is -2.14. The van der Waals surface area contributed by atoms with E-state index in [-0.39, 0.29) is 5.78 Å². The monoisotopic (exact) mass is 395 g/mol. The fourth-order valence-corrected chi connectivity index (χ4v) is 5.96. The third kappa shape index (κ3) is 3.18. The van der Waals surface area contributed by atoms with Crippen LogP contribution in [0.4, 0.5) is 0 Å². The SMILES string of the molecule is CC(=O)c1cn(S(=O)(=O)c2c(C)cc(C)cc2C)c2cc(CC3CC3)ccc12. The van der Waals surface area contributed by atoms with E-state index in [4.69, 9.17) is 0 Å². The van der Waals surface area contributed by atoms with Crippen molar-refractivity contribution in [1.82, 2.24) is 3.97 Å². The number of hydrogen-bond donors (Lipinski definition) is 0. The van der Waals surface area contributed by atoms with Gasteiger partial charge in [0.25, 0.3) is 10.0 Å². The van der Waals surface area contributed by atoms with Crippen molar-refractivity contribution < 1.29 is 13.2 Å². The maximum absolute atomic E-state index is 13.6. The van der Waals surface area contributed by atoms with Crippen molar-refractivity contribution >= 4 is 26.7 Å². The summed E-state index contributed by atoms with van der Waals surface area (Å²) in [5.74, 6) is 0.567. The molecular weight excluding hydrogens is 370 g/mol. The molecule has 0 unspecified atom stereocenters. The molecule has 1 fully saturated rings.